The maximum Gasteiger partial charge on any atom is 0.198 e. The minimum absolute atomic E-state index is 0.183. The quantitative estimate of drug-likeness (QED) is 0.464. The molecule has 0 aliphatic heterocycles. The Hall–Kier alpha value is -3.08. The molecule has 0 atom stereocenters. The molecule has 3 heterocycles. The van der Waals surface area contributed by atoms with Crippen molar-refractivity contribution in [3.63, 3.8) is 0 Å². The Labute approximate surface area is 170 Å². The molecule has 0 bridgehead atoms. The van der Waals surface area contributed by atoms with Gasteiger partial charge in [0.1, 0.15) is 16.9 Å². The van der Waals surface area contributed by atoms with Gasteiger partial charge in [0.15, 0.2) is 16.7 Å². The predicted octanol–water partition coefficient (Wildman–Crippen LogP) is 4.97. The highest BCUT2D eigenvalue weighted by molar-refractivity contribution is 7.99. The number of nitriles is 1. The summed E-state index contributed by atoms with van der Waals surface area (Å²) in [4.78, 5) is 4.29. The minimum atomic E-state index is 0.183. The van der Waals surface area contributed by atoms with Crippen molar-refractivity contribution in [3.05, 3.63) is 76.8 Å². The summed E-state index contributed by atoms with van der Waals surface area (Å²) in [7, 11) is 0. The lowest BCUT2D eigenvalue weighted by molar-refractivity contribution is 0.485. The summed E-state index contributed by atoms with van der Waals surface area (Å²) in [5.74, 6) is 1.53. The fourth-order valence-corrected chi connectivity index (χ4v) is 3.69. The second-order valence-electron chi connectivity index (χ2n) is 5.98. The number of hydrogen-bond donors (Lipinski definition) is 0. The summed E-state index contributed by atoms with van der Waals surface area (Å²) in [6.45, 7) is 2.51. The average molecular weight is 408 g/mol. The van der Waals surface area contributed by atoms with Crippen LogP contribution in [0.15, 0.2) is 69.4 Å². The molecule has 8 heteroatoms. The van der Waals surface area contributed by atoms with Gasteiger partial charge in [-0.25, -0.2) is 4.98 Å². The van der Waals surface area contributed by atoms with Gasteiger partial charge >= 0.3 is 0 Å². The van der Waals surface area contributed by atoms with Crippen LogP contribution in [-0.2, 0) is 6.54 Å². The highest BCUT2D eigenvalue weighted by atomic mass is 35.5. The van der Waals surface area contributed by atoms with Gasteiger partial charge in [0.2, 0.25) is 0 Å². The average Bonchev–Trinajstić information content (AvgIpc) is 3.35. The van der Waals surface area contributed by atoms with E-state index in [1.54, 1.807) is 18.4 Å². The van der Waals surface area contributed by atoms with Crippen LogP contribution in [0.1, 0.15) is 17.0 Å². The van der Waals surface area contributed by atoms with Gasteiger partial charge in [-0.05, 0) is 48.5 Å². The zero-order valence-corrected chi connectivity index (χ0v) is 16.4. The van der Waals surface area contributed by atoms with Crippen LogP contribution in [0.5, 0.6) is 0 Å². The van der Waals surface area contributed by atoms with Gasteiger partial charge in [-0.1, -0.05) is 35.9 Å². The second kappa shape index (κ2) is 7.89. The van der Waals surface area contributed by atoms with E-state index in [-0.39, 0.29) is 5.69 Å². The Kier molecular flexibility index (Phi) is 5.15. The molecule has 0 N–H and O–H groups in total. The summed E-state index contributed by atoms with van der Waals surface area (Å²) in [5.41, 5.74) is 2.28. The number of aromatic nitrogens is 4. The molecule has 1 aromatic carbocycles. The third-order valence-corrected chi connectivity index (χ3v) is 5.35. The zero-order valence-electron chi connectivity index (χ0n) is 14.8. The highest BCUT2D eigenvalue weighted by Crippen LogP contribution is 2.31. The molecular formula is C20H14ClN5OS. The van der Waals surface area contributed by atoms with Gasteiger partial charge in [0.25, 0.3) is 0 Å². The van der Waals surface area contributed by atoms with Crippen LogP contribution in [0.3, 0.4) is 0 Å². The first-order chi connectivity index (χ1) is 13.7. The molecule has 0 spiro atoms. The van der Waals surface area contributed by atoms with Crippen molar-refractivity contribution in [2.75, 3.05) is 0 Å². The summed E-state index contributed by atoms with van der Waals surface area (Å²) in [5, 5.41) is 19.5. The monoisotopic (exact) mass is 407 g/mol. The smallest absolute Gasteiger partial charge is 0.198 e. The van der Waals surface area contributed by atoms with Crippen LogP contribution in [0.25, 0.3) is 11.4 Å². The van der Waals surface area contributed by atoms with Crippen LogP contribution in [-0.4, -0.2) is 19.7 Å². The van der Waals surface area contributed by atoms with E-state index in [0.29, 0.717) is 21.7 Å². The first-order valence-corrected chi connectivity index (χ1v) is 9.61. The maximum absolute atomic E-state index is 9.17. The molecule has 3 aromatic heterocycles. The summed E-state index contributed by atoms with van der Waals surface area (Å²) < 4.78 is 7.50. The number of rotatable bonds is 5. The molecule has 0 unspecified atom stereocenters. The van der Waals surface area contributed by atoms with Gasteiger partial charge in [-0.2, -0.15) is 5.26 Å². The molecule has 138 valence electrons. The van der Waals surface area contributed by atoms with Crippen molar-refractivity contribution >= 4 is 23.4 Å². The van der Waals surface area contributed by atoms with Gasteiger partial charge in [0, 0.05) is 5.56 Å². The molecule has 0 aliphatic rings. The van der Waals surface area contributed by atoms with Crippen LogP contribution >= 0.6 is 23.4 Å². The topological polar surface area (TPSA) is 80.5 Å². The van der Waals surface area contributed by atoms with Crippen LogP contribution in [0.2, 0.25) is 5.02 Å². The van der Waals surface area contributed by atoms with Crippen molar-refractivity contribution in [2.24, 2.45) is 0 Å². The fraction of sp³-hybridized carbons (Fsp3) is 0.100. The maximum atomic E-state index is 9.17. The molecule has 0 saturated carbocycles. The Morgan fingerprint density at radius 1 is 1.14 bits per heavy atom. The SMILES string of the molecule is Cc1ccccc1-c1nnc(Sc2ccc(Cl)c(C#N)n2)n1Cc1ccco1. The first kappa shape index (κ1) is 18.3. The number of aryl methyl sites for hydroxylation is 1. The van der Waals surface area contributed by atoms with Crippen molar-refractivity contribution in [1.29, 1.82) is 5.26 Å². The lowest BCUT2D eigenvalue weighted by Crippen LogP contribution is -2.04. The van der Waals surface area contributed by atoms with Crippen molar-refractivity contribution in [3.8, 4) is 17.5 Å². The zero-order chi connectivity index (χ0) is 19.5. The van der Waals surface area contributed by atoms with Gasteiger partial charge < -0.3 is 4.42 Å². The lowest BCUT2D eigenvalue weighted by atomic mass is 10.1. The van der Waals surface area contributed by atoms with E-state index < -0.39 is 0 Å². The van der Waals surface area contributed by atoms with Gasteiger partial charge in [0.05, 0.1) is 17.8 Å². The second-order valence-corrected chi connectivity index (χ2v) is 7.38. The van der Waals surface area contributed by atoms with E-state index in [4.69, 9.17) is 21.3 Å². The summed E-state index contributed by atoms with van der Waals surface area (Å²) in [6, 6.07) is 17.2. The summed E-state index contributed by atoms with van der Waals surface area (Å²) >= 11 is 7.31. The predicted molar refractivity (Wildman–Crippen MR) is 106 cm³/mol. The third-order valence-electron chi connectivity index (χ3n) is 4.12. The van der Waals surface area contributed by atoms with Crippen molar-refractivity contribution in [2.45, 2.75) is 23.7 Å². The van der Waals surface area contributed by atoms with E-state index in [9.17, 15) is 0 Å². The lowest BCUT2D eigenvalue weighted by Gasteiger charge is -2.10. The van der Waals surface area contributed by atoms with E-state index in [0.717, 1.165) is 22.7 Å². The van der Waals surface area contributed by atoms with Gasteiger partial charge in [-0.15, -0.1) is 10.2 Å². The Bertz CT molecular complexity index is 1160. The molecule has 28 heavy (non-hydrogen) atoms. The molecule has 0 aliphatic carbocycles. The Morgan fingerprint density at radius 3 is 2.75 bits per heavy atom. The molecule has 4 aromatic rings. The minimum Gasteiger partial charge on any atom is -0.467 e. The van der Waals surface area contributed by atoms with Crippen LogP contribution in [0.4, 0.5) is 0 Å². The van der Waals surface area contributed by atoms with Crippen molar-refractivity contribution < 1.29 is 4.42 Å². The van der Waals surface area contributed by atoms with E-state index in [1.807, 2.05) is 54.0 Å². The third kappa shape index (κ3) is 3.65. The number of hydrogen-bond acceptors (Lipinski definition) is 6. The normalized spacial score (nSPS) is 10.8. The van der Waals surface area contributed by atoms with Crippen LogP contribution < -0.4 is 0 Å². The largest absolute Gasteiger partial charge is 0.467 e. The van der Waals surface area contributed by atoms with E-state index in [1.165, 1.54) is 11.8 Å². The molecule has 4 rings (SSSR count). The van der Waals surface area contributed by atoms with Crippen LogP contribution in [0, 0.1) is 18.3 Å². The molecular weight excluding hydrogens is 394 g/mol. The van der Waals surface area contributed by atoms with Crippen molar-refractivity contribution in [1.82, 2.24) is 19.7 Å². The first-order valence-electron chi connectivity index (χ1n) is 8.42. The molecule has 0 saturated heterocycles. The molecule has 0 radical (unpaired) electrons. The number of benzene rings is 1. The standard InChI is InChI=1S/C20H14ClN5OS/c1-13-5-2-3-7-15(13)19-24-25-20(26(19)12-14-6-4-10-27-14)28-18-9-8-16(21)17(11-22)23-18/h2-10H,12H2,1H3. The van der Waals surface area contributed by atoms with Gasteiger partial charge in [-0.3, -0.25) is 4.57 Å². The summed E-state index contributed by atoms with van der Waals surface area (Å²) in [6.07, 6.45) is 1.64. The van der Waals surface area contributed by atoms with E-state index >= 15 is 0 Å². The molecule has 0 fully saturated rings. The molecule has 0 amide bonds. The number of furan rings is 1. The highest BCUT2D eigenvalue weighted by Gasteiger charge is 2.18. The molecule has 6 nitrogen and oxygen atoms in total. The Morgan fingerprint density at radius 2 is 2.00 bits per heavy atom. The Balaban J connectivity index is 1.77. The number of halogens is 1. The fourth-order valence-electron chi connectivity index (χ4n) is 2.74. The number of nitrogens with zero attached hydrogens (tertiary/aromatic N) is 5. The van der Waals surface area contributed by atoms with E-state index in [2.05, 4.69) is 15.2 Å². The number of pyridine rings is 1.